The van der Waals surface area contributed by atoms with Crippen LogP contribution in [0.2, 0.25) is 0 Å². The molecule has 2 fully saturated rings. The zero-order chi connectivity index (χ0) is 30.1. The van der Waals surface area contributed by atoms with Gasteiger partial charge in [0.2, 0.25) is 0 Å². The SMILES string of the molecule is O=C(NCCOc1ccccc1)c1ccc(N2CCN(C3CCN(Cc4ccc(-c5ccccc5)cc4)CC3)CC2)c(O)c1. The zero-order valence-corrected chi connectivity index (χ0v) is 25.3. The number of likely N-dealkylation sites (tertiary alicyclic amines) is 1. The van der Waals surface area contributed by atoms with Gasteiger partial charge < -0.3 is 20.1 Å². The van der Waals surface area contributed by atoms with E-state index in [0.717, 1.165) is 57.3 Å². The third-order valence-corrected chi connectivity index (χ3v) is 8.83. The van der Waals surface area contributed by atoms with Crippen LogP contribution in [0, 0.1) is 0 Å². The van der Waals surface area contributed by atoms with Gasteiger partial charge in [-0.3, -0.25) is 14.6 Å². The van der Waals surface area contributed by atoms with Gasteiger partial charge in [0.1, 0.15) is 18.1 Å². The number of anilines is 1. The molecular weight excluding hydrogens is 548 g/mol. The number of amides is 1. The van der Waals surface area contributed by atoms with E-state index in [1.165, 1.54) is 29.5 Å². The van der Waals surface area contributed by atoms with Crippen molar-refractivity contribution in [2.75, 3.05) is 57.3 Å². The summed E-state index contributed by atoms with van der Waals surface area (Å²) in [6.45, 7) is 7.70. The Labute approximate surface area is 260 Å². The number of phenolic OH excluding ortho intramolecular Hbond substituents is 1. The molecule has 0 atom stereocenters. The minimum Gasteiger partial charge on any atom is -0.506 e. The summed E-state index contributed by atoms with van der Waals surface area (Å²) < 4.78 is 5.64. The van der Waals surface area contributed by atoms with Crippen LogP contribution >= 0.6 is 0 Å². The fourth-order valence-corrected chi connectivity index (χ4v) is 6.35. The number of ether oxygens (including phenoxy) is 1. The summed E-state index contributed by atoms with van der Waals surface area (Å²) in [6.07, 6.45) is 2.38. The second kappa shape index (κ2) is 14.4. The van der Waals surface area contributed by atoms with Crippen molar-refractivity contribution >= 4 is 11.6 Å². The maximum absolute atomic E-state index is 12.6. The number of aromatic hydroxyl groups is 1. The molecule has 0 bridgehead atoms. The molecule has 2 N–H and O–H groups in total. The number of rotatable bonds is 10. The molecule has 4 aromatic rings. The number of para-hydroxylation sites is 1. The quantitative estimate of drug-likeness (QED) is 0.233. The van der Waals surface area contributed by atoms with E-state index in [-0.39, 0.29) is 11.7 Å². The minimum absolute atomic E-state index is 0.150. The first-order valence-corrected chi connectivity index (χ1v) is 15.8. The Morgan fingerprint density at radius 1 is 0.773 bits per heavy atom. The van der Waals surface area contributed by atoms with Gasteiger partial charge in [-0.15, -0.1) is 0 Å². The highest BCUT2D eigenvalue weighted by molar-refractivity contribution is 5.95. The average Bonchev–Trinajstić information content (AvgIpc) is 3.08. The molecule has 44 heavy (non-hydrogen) atoms. The lowest BCUT2D eigenvalue weighted by Gasteiger charge is -2.43. The van der Waals surface area contributed by atoms with E-state index in [2.05, 4.69) is 74.6 Å². The maximum atomic E-state index is 12.6. The molecule has 0 aliphatic carbocycles. The van der Waals surface area contributed by atoms with Crippen molar-refractivity contribution in [1.82, 2.24) is 15.1 Å². The molecule has 4 aromatic carbocycles. The number of piperidine rings is 1. The van der Waals surface area contributed by atoms with E-state index in [1.807, 2.05) is 36.4 Å². The second-order valence-corrected chi connectivity index (χ2v) is 11.7. The van der Waals surface area contributed by atoms with Crippen LogP contribution in [0.25, 0.3) is 11.1 Å². The molecule has 0 aromatic heterocycles. The third-order valence-electron chi connectivity index (χ3n) is 8.83. The van der Waals surface area contributed by atoms with Gasteiger partial charge in [0.05, 0.1) is 12.2 Å². The Morgan fingerprint density at radius 3 is 2.11 bits per heavy atom. The molecule has 2 heterocycles. The average molecular weight is 591 g/mol. The number of benzene rings is 4. The standard InChI is InChI=1S/C37H42N4O3/c42-36-27-32(37(43)38-19-26-44-34-9-5-2-6-10-34)15-16-35(36)41-24-22-40(23-25-41)33-17-20-39(21-18-33)28-29-11-13-31(14-12-29)30-7-3-1-4-8-30/h1-16,27,33,42H,17-26,28H2,(H,38,43). The highest BCUT2D eigenvalue weighted by atomic mass is 16.5. The Kier molecular flexibility index (Phi) is 9.75. The molecule has 1 amide bonds. The van der Waals surface area contributed by atoms with Crippen molar-refractivity contribution in [3.63, 3.8) is 0 Å². The van der Waals surface area contributed by atoms with E-state index >= 15 is 0 Å². The summed E-state index contributed by atoms with van der Waals surface area (Å²) in [7, 11) is 0. The summed E-state index contributed by atoms with van der Waals surface area (Å²) in [5.74, 6) is 0.705. The molecule has 7 nitrogen and oxygen atoms in total. The van der Waals surface area contributed by atoms with E-state index in [4.69, 9.17) is 4.74 Å². The molecule has 2 aliphatic heterocycles. The number of nitrogens with zero attached hydrogens (tertiary/aromatic N) is 3. The zero-order valence-electron chi connectivity index (χ0n) is 25.3. The maximum Gasteiger partial charge on any atom is 0.251 e. The van der Waals surface area contributed by atoms with Crippen LogP contribution in [0.5, 0.6) is 11.5 Å². The van der Waals surface area contributed by atoms with E-state index in [1.54, 1.807) is 12.1 Å². The highest BCUT2D eigenvalue weighted by Gasteiger charge is 2.28. The molecule has 0 radical (unpaired) electrons. The van der Waals surface area contributed by atoms with Gasteiger partial charge in [-0.1, -0.05) is 72.8 Å². The molecular formula is C37H42N4O3. The second-order valence-electron chi connectivity index (χ2n) is 11.7. The van der Waals surface area contributed by atoms with Gasteiger partial charge in [-0.25, -0.2) is 0 Å². The summed E-state index contributed by atoms with van der Waals surface area (Å²) in [4.78, 5) is 20.0. The van der Waals surface area contributed by atoms with Crippen molar-refractivity contribution in [1.29, 1.82) is 0 Å². The van der Waals surface area contributed by atoms with Crippen LogP contribution in [0.3, 0.4) is 0 Å². The fourth-order valence-electron chi connectivity index (χ4n) is 6.35. The van der Waals surface area contributed by atoms with E-state index in [9.17, 15) is 9.90 Å². The largest absolute Gasteiger partial charge is 0.506 e. The Balaban J connectivity index is 0.921. The number of hydrogen-bond acceptors (Lipinski definition) is 6. The van der Waals surface area contributed by atoms with Crippen LogP contribution in [0.15, 0.2) is 103 Å². The summed E-state index contributed by atoms with van der Waals surface area (Å²) in [5, 5.41) is 13.6. The lowest BCUT2D eigenvalue weighted by atomic mass is 10.0. The monoisotopic (exact) mass is 590 g/mol. The van der Waals surface area contributed by atoms with Crippen LogP contribution in [0.1, 0.15) is 28.8 Å². The number of carbonyl (C=O) groups is 1. The van der Waals surface area contributed by atoms with Crippen molar-refractivity contribution in [3.8, 4) is 22.6 Å². The summed E-state index contributed by atoms with van der Waals surface area (Å²) in [6, 6.07) is 34.9. The minimum atomic E-state index is -0.219. The molecule has 228 valence electrons. The first-order valence-electron chi connectivity index (χ1n) is 15.8. The molecule has 0 spiro atoms. The van der Waals surface area contributed by atoms with Gasteiger partial charge in [0.15, 0.2) is 0 Å². The molecule has 2 aliphatic rings. The molecule has 0 unspecified atom stereocenters. The van der Waals surface area contributed by atoms with Gasteiger partial charge in [0, 0.05) is 44.3 Å². The fraction of sp³-hybridized carbons (Fsp3) is 0.324. The molecule has 0 saturated carbocycles. The van der Waals surface area contributed by atoms with Gasteiger partial charge >= 0.3 is 0 Å². The number of carbonyl (C=O) groups excluding carboxylic acids is 1. The number of hydrogen-bond donors (Lipinski definition) is 2. The third kappa shape index (κ3) is 7.59. The van der Waals surface area contributed by atoms with Crippen molar-refractivity contribution in [3.05, 3.63) is 114 Å². The van der Waals surface area contributed by atoms with Crippen molar-refractivity contribution < 1.29 is 14.6 Å². The van der Waals surface area contributed by atoms with Gasteiger partial charge in [-0.2, -0.15) is 0 Å². The van der Waals surface area contributed by atoms with Crippen LogP contribution in [-0.2, 0) is 6.54 Å². The van der Waals surface area contributed by atoms with E-state index in [0.29, 0.717) is 24.8 Å². The smallest absolute Gasteiger partial charge is 0.251 e. The Hall–Kier alpha value is -4.33. The molecule has 6 rings (SSSR count). The van der Waals surface area contributed by atoms with Crippen molar-refractivity contribution in [2.24, 2.45) is 0 Å². The summed E-state index contributed by atoms with van der Waals surface area (Å²) in [5.41, 5.74) is 5.14. The number of phenols is 1. The van der Waals surface area contributed by atoms with E-state index < -0.39 is 0 Å². The topological polar surface area (TPSA) is 68.3 Å². The number of piperazine rings is 1. The first-order chi connectivity index (χ1) is 21.6. The molecule has 7 heteroatoms. The normalized spacial score (nSPS) is 16.5. The molecule has 2 saturated heterocycles. The van der Waals surface area contributed by atoms with Crippen LogP contribution < -0.4 is 15.0 Å². The van der Waals surface area contributed by atoms with Crippen LogP contribution in [-0.4, -0.2) is 79.3 Å². The predicted octanol–water partition coefficient (Wildman–Crippen LogP) is 5.65. The van der Waals surface area contributed by atoms with Gasteiger partial charge in [0.25, 0.3) is 5.91 Å². The predicted molar refractivity (Wildman–Crippen MR) is 176 cm³/mol. The summed E-state index contributed by atoms with van der Waals surface area (Å²) >= 11 is 0. The Morgan fingerprint density at radius 2 is 1.43 bits per heavy atom. The van der Waals surface area contributed by atoms with Crippen molar-refractivity contribution in [2.45, 2.75) is 25.4 Å². The first kappa shape index (κ1) is 29.7. The lowest BCUT2D eigenvalue weighted by molar-refractivity contribution is 0.0946. The number of nitrogens with one attached hydrogen (secondary N) is 1. The van der Waals surface area contributed by atoms with Crippen LogP contribution in [0.4, 0.5) is 5.69 Å². The lowest BCUT2D eigenvalue weighted by Crippen LogP contribution is -2.53. The highest BCUT2D eigenvalue weighted by Crippen LogP contribution is 2.30. The Bertz CT molecular complexity index is 1480. The van der Waals surface area contributed by atoms with Gasteiger partial charge in [-0.05, 0) is 73.0 Å².